The zero-order valence-corrected chi connectivity index (χ0v) is 14.6. The maximum absolute atomic E-state index is 12.1. The van der Waals surface area contributed by atoms with Gasteiger partial charge < -0.3 is 10.6 Å². The Kier molecular flexibility index (Phi) is 9.01. The molecule has 0 aliphatic heterocycles. The molecule has 0 aromatic heterocycles. The number of thioether (sulfide) groups is 1. The fourth-order valence-corrected chi connectivity index (χ4v) is 2.21. The van der Waals surface area contributed by atoms with Crippen LogP contribution < -0.4 is 10.6 Å². The van der Waals surface area contributed by atoms with Crippen LogP contribution in [0.2, 0.25) is 0 Å². The van der Waals surface area contributed by atoms with Gasteiger partial charge in [0.2, 0.25) is 0 Å². The summed E-state index contributed by atoms with van der Waals surface area (Å²) in [6, 6.07) is 8.71. The Hall–Kier alpha value is -2.06. The lowest BCUT2D eigenvalue weighted by Crippen LogP contribution is -2.29. The molecule has 4 nitrogen and oxygen atoms in total. The third-order valence-corrected chi connectivity index (χ3v) is 3.49. The van der Waals surface area contributed by atoms with E-state index in [2.05, 4.69) is 22.2 Å². The summed E-state index contributed by atoms with van der Waals surface area (Å²) in [7, 11) is 0. The highest BCUT2D eigenvalue weighted by Gasteiger charge is 2.25. The zero-order chi connectivity index (χ0) is 18.7. The smallest absolute Gasteiger partial charge is 0.305 e. The van der Waals surface area contributed by atoms with Crippen LogP contribution in [0.3, 0.4) is 0 Å². The second-order valence-corrected chi connectivity index (χ2v) is 6.13. The molecule has 25 heavy (non-hydrogen) atoms. The number of amides is 1. The Balaban J connectivity index is 2.57. The average Bonchev–Trinajstić information content (AvgIpc) is 2.54. The fraction of sp³-hybridized carbons (Fsp3) is 0.294. The summed E-state index contributed by atoms with van der Waals surface area (Å²) < 4.78 is 36.1. The largest absolute Gasteiger partial charge is 0.401 e. The summed E-state index contributed by atoms with van der Waals surface area (Å²) in [5, 5.41) is 5.35. The standard InChI is InChI=1S/C17H20F3N3OS/c1-3-25-16(23-15(24)14-7-5-4-6-8-14)22-10-9-13(2)11-21-12-17(18,19)20/h4-10,21H,2-3,11-12H2,1H3,(H,22,23,24). The zero-order valence-electron chi connectivity index (χ0n) is 13.8. The highest BCUT2D eigenvalue weighted by molar-refractivity contribution is 8.13. The molecule has 0 heterocycles. The van der Waals surface area contributed by atoms with Gasteiger partial charge in [-0.1, -0.05) is 43.5 Å². The number of rotatable bonds is 7. The Morgan fingerprint density at radius 1 is 1.32 bits per heavy atom. The average molecular weight is 371 g/mol. The van der Waals surface area contributed by atoms with Gasteiger partial charge in [-0.3, -0.25) is 4.79 Å². The Morgan fingerprint density at radius 3 is 2.60 bits per heavy atom. The van der Waals surface area contributed by atoms with E-state index >= 15 is 0 Å². The van der Waals surface area contributed by atoms with Gasteiger partial charge in [-0.05, 0) is 29.5 Å². The number of alkyl halides is 3. The van der Waals surface area contributed by atoms with Crippen LogP contribution >= 0.6 is 11.8 Å². The molecule has 0 aliphatic carbocycles. The predicted octanol–water partition coefficient (Wildman–Crippen LogP) is 3.75. The Bertz CT molecular complexity index is 628. The van der Waals surface area contributed by atoms with Crippen molar-refractivity contribution in [3.63, 3.8) is 0 Å². The first-order valence-electron chi connectivity index (χ1n) is 7.50. The van der Waals surface area contributed by atoms with E-state index in [1.807, 2.05) is 13.0 Å². The molecule has 0 bridgehead atoms. The third kappa shape index (κ3) is 9.73. The van der Waals surface area contributed by atoms with Crippen LogP contribution in [0.1, 0.15) is 17.3 Å². The molecular weight excluding hydrogens is 351 g/mol. The molecule has 2 N–H and O–H groups in total. The maximum atomic E-state index is 12.1. The van der Waals surface area contributed by atoms with E-state index in [-0.39, 0.29) is 12.5 Å². The lowest BCUT2D eigenvalue weighted by atomic mass is 10.2. The maximum Gasteiger partial charge on any atom is 0.401 e. The van der Waals surface area contributed by atoms with Crippen molar-refractivity contribution >= 4 is 22.8 Å². The first-order chi connectivity index (χ1) is 11.8. The molecule has 136 valence electrons. The first-order valence-corrected chi connectivity index (χ1v) is 8.49. The molecule has 0 saturated heterocycles. The van der Waals surface area contributed by atoms with Crippen LogP contribution in [0.5, 0.6) is 0 Å². The minimum atomic E-state index is -4.26. The van der Waals surface area contributed by atoms with Gasteiger partial charge in [0.1, 0.15) is 0 Å². The van der Waals surface area contributed by atoms with Crippen LogP contribution in [0.15, 0.2) is 59.8 Å². The summed E-state index contributed by atoms with van der Waals surface area (Å²) in [6.45, 7) is 4.48. The number of hydrogen-bond donors (Lipinski definition) is 2. The van der Waals surface area contributed by atoms with Gasteiger partial charge in [0.25, 0.3) is 5.91 Å². The van der Waals surface area contributed by atoms with Crippen molar-refractivity contribution in [1.29, 1.82) is 0 Å². The van der Waals surface area contributed by atoms with E-state index in [0.29, 0.717) is 22.1 Å². The van der Waals surface area contributed by atoms with Gasteiger partial charge in [0.05, 0.1) is 6.54 Å². The number of benzene rings is 1. The van der Waals surface area contributed by atoms with E-state index in [0.717, 1.165) is 0 Å². The monoisotopic (exact) mass is 371 g/mol. The molecule has 8 heteroatoms. The van der Waals surface area contributed by atoms with Crippen molar-refractivity contribution in [2.75, 3.05) is 18.8 Å². The van der Waals surface area contributed by atoms with Crippen LogP contribution in [-0.4, -0.2) is 36.1 Å². The molecule has 0 unspecified atom stereocenters. The molecule has 0 aliphatic rings. The minimum absolute atomic E-state index is 0.00183. The molecule has 1 rings (SSSR count). The highest BCUT2D eigenvalue weighted by atomic mass is 32.2. The number of nitrogens with zero attached hydrogens (tertiary/aromatic N) is 1. The second-order valence-electron chi connectivity index (χ2n) is 4.88. The predicted molar refractivity (Wildman–Crippen MR) is 96.7 cm³/mol. The van der Waals surface area contributed by atoms with E-state index < -0.39 is 12.7 Å². The lowest BCUT2D eigenvalue weighted by molar-refractivity contribution is -0.124. The summed E-state index contributed by atoms with van der Waals surface area (Å²) in [5.41, 5.74) is 0.958. The van der Waals surface area contributed by atoms with Crippen molar-refractivity contribution in [2.24, 2.45) is 4.99 Å². The van der Waals surface area contributed by atoms with E-state index in [1.165, 1.54) is 24.0 Å². The number of aliphatic imine (C=N–C) groups is 1. The number of carbonyl (C=O) groups excluding carboxylic acids is 1. The van der Waals surface area contributed by atoms with E-state index in [9.17, 15) is 18.0 Å². The molecule has 1 aromatic carbocycles. The van der Waals surface area contributed by atoms with Gasteiger partial charge in [0.15, 0.2) is 5.17 Å². The molecule has 0 spiro atoms. The van der Waals surface area contributed by atoms with Gasteiger partial charge in [-0.25, -0.2) is 4.99 Å². The molecule has 0 radical (unpaired) electrons. The SMILES string of the molecule is C=C(C=CN=C(NC(=O)c1ccccc1)SCC)CNCC(F)(F)F. The topological polar surface area (TPSA) is 53.5 Å². The Morgan fingerprint density at radius 2 is 2.00 bits per heavy atom. The van der Waals surface area contributed by atoms with E-state index in [4.69, 9.17) is 0 Å². The summed E-state index contributed by atoms with van der Waals surface area (Å²) in [6.07, 6.45) is -1.36. The normalized spacial score (nSPS) is 12.4. The summed E-state index contributed by atoms with van der Waals surface area (Å²) in [4.78, 5) is 16.2. The lowest BCUT2D eigenvalue weighted by Gasteiger charge is -2.08. The molecule has 1 aromatic rings. The van der Waals surface area contributed by atoms with Crippen LogP contribution in [0, 0.1) is 0 Å². The summed E-state index contributed by atoms with van der Waals surface area (Å²) in [5.74, 6) is 0.426. The number of nitrogens with one attached hydrogen (secondary N) is 2. The van der Waals surface area contributed by atoms with Crippen molar-refractivity contribution in [3.05, 3.63) is 60.3 Å². The fourth-order valence-electron chi connectivity index (χ4n) is 1.64. The van der Waals surface area contributed by atoms with Gasteiger partial charge in [0, 0.05) is 18.3 Å². The molecular formula is C17H20F3N3OS. The number of carbonyl (C=O) groups is 1. The van der Waals surface area contributed by atoms with Gasteiger partial charge >= 0.3 is 6.18 Å². The van der Waals surface area contributed by atoms with Crippen LogP contribution in [0.4, 0.5) is 13.2 Å². The molecule has 0 fully saturated rings. The molecule has 0 atom stereocenters. The minimum Gasteiger partial charge on any atom is -0.305 e. The number of amidine groups is 1. The van der Waals surface area contributed by atoms with Crippen molar-refractivity contribution < 1.29 is 18.0 Å². The summed E-state index contributed by atoms with van der Waals surface area (Å²) >= 11 is 1.35. The van der Waals surface area contributed by atoms with E-state index in [1.54, 1.807) is 24.3 Å². The molecule has 0 saturated carbocycles. The Labute approximate surface area is 149 Å². The van der Waals surface area contributed by atoms with Crippen molar-refractivity contribution in [1.82, 2.24) is 10.6 Å². The van der Waals surface area contributed by atoms with Crippen LogP contribution in [0.25, 0.3) is 0 Å². The quantitative estimate of drug-likeness (QED) is 0.436. The van der Waals surface area contributed by atoms with Gasteiger partial charge in [-0.2, -0.15) is 13.2 Å². The highest BCUT2D eigenvalue weighted by Crippen LogP contribution is 2.12. The number of hydrogen-bond acceptors (Lipinski definition) is 4. The van der Waals surface area contributed by atoms with Crippen LogP contribution in [-0.2, 0) is 0 Å². The number of halogens is 3. The third-order valence-electron chi connectivity index (χ3n) is 2.72. The van der Waals surface area contributed by atoms with Crippen molar-refractivity contribution in [3.8, 4) is 0 Å². The second kappa shape index (κ2) is 10.7. The van der Waals surface area contributed by atoms with Gasteiger partial charge in [-0.15, -0.1) is 0 Å². The molecule has 1 amide bonds. The first kappa shape index (κ1) is 21.0. The van der Waals surface area contributed by atoms with Crippen molar-refractivity contribution in [2.45, 2.75) is 13.1 Å².